The molecule has 0 bridgehead atoms. The van der Waals surface area contributed by atoms with Crippen molar-refractivity contribution in [2.75, 3.05) is 31.9 Å². The van der Waals surface area contributed by atoms with Gasteiger partial charge in [0.2, 0.25) is 0 Å². The van der Waals surface area contributed by atoms with Gasteiger partial charge in [0.25, 0.3) is 0 Å². The Morgan fingerprint density at radius 3 is 2.80 bits per heavy atom. The van der Waals surface area contributed by atoms with Crippen LogP contribution in [-0.2, 0) is 0 Å². The second kappa shape index (κ2) is 11.7. The zero-order valence-electron chi connectivity index (χ0n) is 21.0. The maximum atomic E-state index is 11.2. The highest BCUT2D eigenvalue weighted by Crippen LogP contribution is 2.43. The molecule has 9 heteroatoms. The molecule has 1 aliphatic carbocycles. The fourth-order valence-corrected chi connectivity index (χ4v) is 5.03. The summed E-state index contributed by atoms with van der Waals surface area (Å²) in [7, 11) is 0. The summed E-state index contributed by atoms with van der Waals surface area (Å²) in [4.78, 5) is 17.2. The third-order valence-electron chi connectivity index (χ3n) is 7.38. The van der Waals surface area contributed by atoms with E-state index in [1.54, 1.807) is 6.20 Å². The summed E-state index contributed by atoms with van der Waals surface area (Å²) in [5, 5.41) is 19.1. The predicted molar refractivity (Wildman–Crippen MR) is 140 cm³/mol. The first-order valence-corrected chi connectivity index (χ1v) is 12.6. The highest BCUT2D eigenvalue weighted by atomic mass is 16.3. The minimum Gasteiger partial charge on any atom is -0.391 e. The van der Waals surface area contributed by atoms with E-state index in [4.69, 9.17) is 5.73 Å². The summed E-state index contributed by atoms with van der Waals surface area (Å²) >= 11 is 0. The second-order valence-corrected chi connectivity index (χ2v) is 9.61. The van der Waals surface area contributed by atoms with E-state index in [1.807, 2.05) is 12.3 Å². The number of nitrogens with two attached hydrogens (primary N) is 1. The molecule has 1 saturated carbocycles. The first-order valence-electron chi connectivity index (χ1n) is 12.6. The average Bonchev–Trinajstić information content (AvgIpc) is 3.40. The van der Waals surface area contributed by atoms with Crippen molar-refractivity contribution in [1.29, 1.82) is 0 Å². The number of fused-ring (bicyclic) bond motifs is 1. The lowest BCUT2D eigenvalue weighted by Gasteiger charge is -2.20. The van der Waals surface area contributed by atoms with Gasteiger partial charge < -0.3 is 26.0 Å². The highest BCUT2D eigenvalue weighted by Gasteiger charge is 2.41. The molecular formula is C26H38N8O. The van der Waals surface area contributed by atoms with Gasteiger partial charge in [-0.3, -0.25) is 0 Å². The molecule has 188 valence electrons. The number of allylic oxidation sites excluding steroid dienone is 1. The molecule has 0 aromatic carbocycles. The van der Waals surface area contributed by atoms with Gasteiger partial charge >= 0.3 is 0 Å². The lowest BCUT2D eigenvalue weighted by atomic mass is 9.97. The van der Waals surface area contributed by atoms with Crippen LogP contribution in [0.1, 0.15) is 46.1 Å². The smallest absolute Gasteiger partial charge is 0.146 e. The van der Waals surface area contributed by atoms with Crippen molar-refractivity contribution in [3.63, 3.8) is 0 Å². The number of aromatic nitrogens is 5. The summed E-state index contributed by atoms with van der Waals surface area (Å²) in [6.07, 6.45) is 11.5. The van der Waals surface area contributed by atoms with Gasteiger partial charge in [-0.2, -0.15) is 0 Å². The van der Waals surface area contributed by atoms with Gasteiger partial charge in [-0.15, -0.1) is 0 Å². The molecular weight excluding hydrogens is 440 g/mol. The number of anilines is 1. The Morgan fingerprint density at radius 1 is 1.20 bits per heavy atom. The number of hydrogen-bond acceptors (Lipinski definition) is 8. The molecule has 0 radical (unpaired) electrons. The molecule has 0 amide bonds. The number of hydrogen-bond donors (Lipinski definition) is 4. The van der Waals surface area contributed by atoms with E-state index in [2.05, 4.69) is 62.0 Å². The van der Waals surface area contributed by atoms with Crippen LogP contribution in [0.2, 0.25) is 0 Å². The van der Waals surface area contributed by atoms with Crippen LogP contribution in [0.3, 0.4) is 0 Å². The molecule has 1 aliphatic rings. The number of nitrogens with one attached hydrogen (secondary N) is 2. The Bertz CT molecular complexity index is 1130. The van der Waals surface area contributed by atoms with Gasteiger partial charge in [0.05, 0.1) is 23.2 Å². The minimum absolute atomic E-state index is 0.0827. The predicted octanol–water partition coefficient (Wildman–Crippen LogP) is 2.95. The van der Waals surface area contributed by atoms with Crippen molar-refractivity contribution in [3.05, 3.63) is 42.8 Å². The fourth-order valence-electron chi connectivity index (χ4n) is 5.03. The van der Waals surface area contributed by atoms with Crippen LogP contribution in [-0.4, -0.2) is 61.9 Å². The van der Waals surface area contributed by atoms with Gasteiger partial charge in [0, 0.05) is 18.0 Å². The topological polar surface area (TPSA) is 127 Å². The normalized spacial score (nSPS) is 22.8. The molecule has 0 aliphatic heterocycles. The molecule has 4 atom stereocenters. The van der Waals surface area contributed by atoms with Gasteiger partial charge in [-0.25, -0.2) is 19.9 Å². The minimum atomic E-state index is -0.469. The monoisotopic (exact) mass is 478 g/mol. The van der Waals surface area contributed by atoms with Crippen molar-refractivity contribution in [1.82, 2.24) is 35.1 Å². The SMILES string of the molecule is C/C=C(\C)CCNCCCNC[C@H]1C[C@@H](n2cc(-c3ccncn3)c3c(N)ncnc32)[C@H](O)[C@@H]1C. The molecule has 1 fully saturated rings. The maximum Gasteiger partial charge on any atom is 0.146 e. The zero-order valence-corrected chi connectivity index (χ0v) is 21.0. The number of rotatable bonds is 11. The van der Waals surface area contributed by atoms with Crippen molar-refractivity contribution < 1.29 is 5.11 Å². The van der Waals surface area contributed by atoms with E-state index in [0.29, 0.717) is 11.7 Å². The Hall–Kier alpha value is -2.88. The number of nitrogen functional groups attached to an aromatic ring is 1. The van der Waals surface area contributed by atoms with Gasteiger partial charge in [0.1, 0.15) is 24.1 Å². The third kappa shape index (κ3) is 5.69. The summed E-state index contributed by atoms with van der Waals surface area (Å²) in [5.41, 5.74) is 10.0. The largest absolute Gasteiger partial charge is 0.391 e. The molecule has 9 nitrogen and oxygen atoms in total. The number of aliphatic hydroxyl groups is 1. The van der Waals surface area contributed by atoms with Crippen molar-refractivity contribution in [2.45, 2.75) is 52.2 Å². The van der Waals surface area contributed by atoms with Crippen LogP contribution in [0, 0.1) is 11.8 Å². The van der Waals surface area contributed by atoms with Crippen LogP contribution in [0.5, 0.6) is 0 Å². The van der Waals surface area contributed by atoms with E-state index in [-0.39, 0.29) is 12.0 Å². The molecule has 3 aromatic heterocycles. The first-order chi connectivity index (χ1) is 17.0. The average molecular weight is 479 g/mol. The molecule has 0 spiro atoms. The Balaban J connectivity index is 1.39. The number of aliphatic hydroxyl groups excluding tert-OH is 1. The van der Waals surface area contributed by atoms with Crippen LogP contribution >= 0.6 is 0 Å². The molecule has 4 rings (SSSR count). The second-order valence-electron chi connectivity index (χ2n) is 9.61. The Morgan fingerprint density at radius 2 is 2.03 bits per heavy atom. The Labute approximate surface area is 207 Å². The highest BCUT2D eigenvalue weighted by molar-refractivity contribution is 5.99. The van der Waals surface area contributed by atoms with Crippen molar-refractivity contribution in [3.8, 4) is 11.3 Å². The van der Waals surface area contributed by atoms with E-state index < -0.39 is 6.10 Å². The maximum absolute atomic E-state index is 11.2. The van der Waals surface area contributed by atoms with E-state index >= 15 is 0 Å². The lowest BCUT2D eigenvalue weighted by Crippen LogP contribution is -2.29. The van der Waals surface area contributed by atoms with Gasteiger partial charge in [-0.05, 0) is 77.2 Å². The van der Waals surface area contributed by atoms with Gasteiger partial charge in [-0.1, -0.05) is 18.6 Å². The molecule has 3 heterocycles. The summed E-state index contributed by atoms with van der Waals surface area (Å²) in [5.74, 6) is 0.962. The summed E-state index contributed by atoms with van der Waals surface area (Å²) in [6, 6.07) is 1.77. The van der Waals surface area contributed by atoms with E-state index in [9.17, 15) is 5.11 Å². The molecule has 0 unspecified atom stereocenters. The van der Waals surface area contributed by atoms with Crippen LogP contribution < -0.4 is 16.4 Å². The fraction of sp³-hybridized carbons (Fsp3) is 0.538. The van der Waals surface area contributed by atoms with Crippen LogP contribution in [0.25, 0.3) is 22.3 Å². The molecule has 35 heavy (non-hydrogen) atoms. The summed E-state index contributed by atoms with van der Waals surface area (Å²) in [6.45, 7) is 10.3. The first kappa shape index (κ1) is 25.2. The van der Waals surface area contributed by atoms with Crippen LogP contribution in [0.4, 0.5) is 5.82 Å². The van der Waals surface area contributed by atoms with Crippen molar-refractivity contribution in [2.24, 2.45) is 11.8 Å². The standard InChI is InChI=1S/C26H38N8O/c1-4-17(2)6-10-28-8-5-9-29-13-19-12-22(24(35)18(19)3)34-14-20(21-7-11-30-15-31-21)23-25(27)32-16-33-26(23)34/h4,7,11,14-16,18-19,22,24,28-29,35H,5-6,8-10,12-13H2,1-3H3,(H2,27,32,33)/b17-4+/t18-,19-,22-,24-/m1/s1. The van der Waals surface area contributed by atoms with Crippen molar-refractivity contribution >= 4 is 16.9 Å². The lowest BCUT2D eigenvalue weighted by molar-refractivity contribution is 0.0956. The van der Waals surface area contributed by atoms with E-state index in [1.165, 1.54) is 18.2 Å². The molecule has 5 N–H and O–H groups in total. The quantitative estimate of drug-likeness (QED) is 0.245. The number of nitrogens with zero attached hydrogens (tertiary/aromatic N) is 5. The molecule has 0 saturated heterocycles. The third-order valence-corrected chi connectivity index (χ3v) is 7.38. The molecule has 3 aromatic rings. The zero-order chi connectivity index (χ0) is 24.8. The Kier molecular flexibility index (Phi) is 8.43. The van der Waals surface area contributed by atoms with Gasteiger partial charge in [0.15, 0.2) is 0 Å². The van der Waals surface area contributed by atoms with Crippen LogP contribution in [0.15, 0.2) is 42.8 Å². The summed E-state index contributed by atoms with van der Waals surface area (Å²) < 4.78 is 2.07. The van der Waals surface area contributed by atoms with E-state index in [0.717, 1.165) is 67.7 Å².